The van der Waals surface area contributed by atoms with E-state index in [2.05, 4.69) is 70.8 Å². The number of nitrogens with one attached hydrogen (secondary N) is 4. The Morgan fingerprint density at radius 1 is 0.729 bits per heavy atom. The Labute approximate surface area is 347 Å². The Balaban J connectivity index is 1.19. The van der Waals surface area contributed by atoms with Crippen molar-refractivity contribution >= 4 is 24.0 Å². The molecule has 4 heterocycles. The predicted molar refractivity (Wildman–Crippen MR) is 225 cm³/mol. The molecule has 2 saturated heterocycles. The first kappa shape index (κ1) is 42.9. The van der Waals surface area contributed by atoms with E-state index < -0.39 is 24.3 Å². The Bertz CT molecular complexity index is 2120. The quantitative estimate of drug-likeness (QED) is 0.103. The van der Waals surface area contributed by atoms with Gasteiger partial charge in [0.25, 0.3) is 0 Å². The van der Waals surface area contributed by atoms with E-state index >= 15 is 0 Å². The van der Waals surface area contributed by atoms with Gasteiger partial charge in [-0.05, 0) is 92.5 Å². The molecule has 4 atom stereocenters. The molecule has 14 nitrogen and oxygen atoms in total. The number of rotatable bonds is 14. The summed E-state index contributed by atoms with van der Waals surface area (Å²) in [6.07, 6.45) is 8.18. The number of aromatic amines is 2. The molecule has 0 aliphatic carbocycles. The minimum absolute atomic E-state index is 0.111. The first-order chi connectivity index (χ1) is 28.3. The van der Waals surface area contributed by atoms with Crippen molar-refractivity contribution in [2.24, 2.45) is 11.8 Å². The SMILES string of the molecule is CCc1ccc(CCc2ccc(C)cc2-c2cnc([C@@H]3CCCN3C(=O)[C@@H](NC(=O)OC)C(C)C)[nH]2)cc1-c1cnc([C@@H]2CCCN2C(=O)[C@@H](NC(=O)OC)C(C)C)[nH]1. The third-order valence-electron chi connectivity index (χ3n) is 11.8. The Morgan fingerprint density at radius 3 is 1.69 bits per heavy atom. The number of benzene rings is 2. The van der Waals surface area contributed by atoms with Crippen LogP contribution in [0.5, 0.6) is 0 Å². The van der Waals surface area contributed by atoms with Gasteiger partial charge in [-0.25, -0.2) is 19.6 Å². The van der Waals surface area contributed by atoms with E-state index in [4.69, 9.17) is 19.4 Å². The third kappa shape index (κ3) is 9.63. The summed E-state index contributed by atoms with van der Waals surface area (Å²) >= 11 is 0. The topological polar surface area (TPSA) is 175 Å². The molecule has 0 saturated carbocycles. The number of nitrogens with zero attached hydrogens (tertiary/aromatic N) is 4. The monoisotopic (exact) mass is 808 g/mol. The minimum atomic E-state index is -0.697. The molecule has 2 aliphatic heterocycles. The van der Waals surface area contributed by atoms with Gasteiger partial charge in [0.05, 0.1) is 50.1 Å². The standard InChI is InChI=1S/C45H60N8O6/c1-9-30-18-15-29(23-33(30)35-25-47-41(49-35)37-13-11-21-53(37)43(55)39(27(4)5)51-45(57)59-8)16-19-31-17-14-28(6)22-32(31)34-24-46-40(48-34)36-12-10-20-52(36)42(54)38(26(2)3)50-44(56)58-7/h14-15,17-18,22-27,36-39H,9-13,16,19-21H2,1-8H3,(H,46,48)(H,47,49)(H,50,56)(H,51,57)/t36-,37-,38-,39-/m0/s1. The number of carbonyl (C=O) groups excluding carboxylic acids is 4. The van der Waals surface area contributed by atoms with Crippen LogP contribution in [-0.4, -0.2) is 93.1 Å². The van der Waals surface area contributed by atoms with Crippen molar-refractivity contribution < 1.29 is 28.7 Å². The van der Waals surface area contributed by atoms with Crippen molar-refractivity contribution in [1.82, 2.24) is 40.4 Å². The molecule has 4 amide bonds. The Kier molecular flexibility index (Phi) is 13.8. The predicted octanol–water partition coefficient (Wildman–Crippen LogP) is 7.21. The molecule has 4 aromatic rings. The molecule has 0 spiro atoms. The fourth-order valence-electron chi connectivity index (χ4n) is 8.45. The number of likely N-dealkylation sites (tertiary alicyclic amines) is 2. The fourth-order valence-corrected chi connectivity index (χ4v) is 8.45. The van der Waals surface area contributed by atoms with Crippen molar-refractivity contribution in [2.75, 3.05) is 27.3 Å². The third-order valence-corrected chi connectivity index (χ3v) is 11.8. The van der Waals surface area contributed by atoms with Gasteiger partial charge < -0.3 is 39.9 Å². The average Bonchev–Trinajstić information content (AvgIpc) is 4.07. The molecule has 2 fully saturated rings. The number of alkyl carbamates (subject to hydrolysis) is 2. The maximum absolute atomic E-state index is 13.7. The fraction of sp³-hybridized carbons (Fsp3) is 0.511. The molecule has 2 aromatic heterocycles. The number of carbonyl (C=O) groups is 4. The molecule has 0 bridgehead atoms. The summed E-state index contributed by atoms with van der Waals surface area (Å²) in [5.74, 6) is 0.981. The number of hydrogen-bond acceptors (Lipinski definition) is 8. The maximum atomic E-state index is 13.7. The van der Waals surface area contributed by atoms with Crippen molar-refractivity contribution in [1.29, 1.82) is 0 Å². The number of methoxy groups -OCH3 is 2. The van der Waals surface area contributed by atoms with Crippen LogP contribution in [0.3, 0.4) is 0 Å². The van der Waals surface area contributed by atoms with E-state index in [0.717, 1.165) is 84.7 Å². The van der Waals surface area contributed by atoms with Crippen molar-refractivity contribution in [3.05, 3.63) is 82.7 Å². The summed E-state index contributed by atoms with van der Waals surface area (Å²) in [4.78, 5) is 72.0. The van der Waals surface area contributed by atoms with Crippen LogP contribution in [0.4, 0.5) is 9.59 Å². The van der Waals surface area contributed by atoms with Crippen molar-refractivity contribution in [2.45, 2.75) is 111 Å². The van der Waals surface area contributed by atoms with Gasteiger partial charge in [-0.3, -0.25) is 9.59 Å². The lowest BCUT2D eigenvalue weighted by atomic mass is 9.94. The highest BCUT2D eigenvalue weighted by molar-refractivity contribution is 5.87. The number of amides is 4. The molecule has 0 radical (unpaired) electrons. The van der Waals surface area contributed by atoms with Crippen LogP contribution in [0.1, 0.15) is 106 Å². The van der Waals surface area contributed by atoms with E-state index in [-0.39, 0.29) is 35.7 Å². The van der Waals surface area contributed by atoms with Crippen LogP contribution in [0, 0.1) is 18.8 Å². The molecule has 2 aliphatic rings. The van der Waals surface area contributed by atoms with E-state index in [9.17, 15) is 19.2 Å². The number of ether oxygens (including phenoxy) is 2. The van der Waals surface area contributed by atoms with Gasteiger partial charge in [-0.1, -0.05) is 64.4 Å². The van der Waals surface area contributed by atoms with Crippen LogP contribution >= 0.6 is 0 Å². The lowest BCUT2D eigenvalue weighted by Gasteiger charge is -2.30. The van der Waals surface area contributed by atoms with Crippen LogP contribution in [0.2, 0.25) is 0 Å². The number of imidazole rings is 2. The average molecular weight is 809 g/mol. The second kappa shape index (κ2) is 18.9. The van der Waals surface area contributed by atoms with Gasteiger partial charge >= 0.3 is 12.2 Å². The lowest BCUT2D eigenvalue weighted by molar-refractivity contribution is -0.136. The van der Waals surface area contributed by atoms with Crippen LogP contribution in [0.15, 0.2) is 48.8 Å². The number of hydrogen-bond donors (Lipinski definition) is 4. The van der Waals surface area contributed by atoms with Gasteiger partial charge in [-0.15, -0.1) is 0 Å². The summed E-state index contributed by atoms with van der Waals surface area (Å²) < 4.78 is 9.59. The highest BCUT2D eigenvalue weighted by atomic mass is 16.5. The second-order valence-corrected chi connectivity index (χ2v) is 16.5. The van der Waals surface area contributed by atoms with Gasteiger partial charge in [-0.2, -0.15) is 0 Å². The summed E-state index contributed by atoms with van der Waals surface area (Å²) in [5, 5.41) is 5.44. The molecular formula is C45H60N8O6. The van der Waals surface area contributed by atoms with Crippen LogP contribution in [0.25, 0.3) is 22.5 Å². The zero-order valence-electron chi connectivity index (χ0n) is 35.7. The molecule has 4 N–H and O–H groups in total. The summed E-state index contributed by atoms with van der Waals surface area (Å²) in [7, 11) is 2.59. The van der Waals surface area contributed by atoms with Gasteiger partial charge in [0, 0.05) is 24.2 Å². The molecule has 14 heteroatoms. The first-order valence-electron chi connectivity index (χ1n) is 20.9. The number of aromatic nitrogens is 4. The molecule has 316 valence electrons. The van der Waals surface area contributed by atoms with Crippen molar-refractivity contribution in [3.63, 3.8) is 0 Å². The van der Waals surface area contributed by atoms with Gasteiger partial charge in [0.1, 0.15) is 23.7 Å². The first-order valence-corrected chi connectivity index (χ1v) is 20.9. The Morgan fingerprint density at radius 2 is 1.22 bits per heavy atom. The maximum Gasteiger partial charge on any atom is 0.407 e. The summed E-state index contributed by atoms with van der Waals surface area (Å²) in [6.45, 7) is 13.1. The smallest absolute Gasteiger partial charge is 0.407 e. The zero-order valence-corrected chi connectivity index (χ0v) is 35.7. The number of H-pyrrole nitrogens is 2. The van der Waals surface area contributed by atoms with Crippen LogP contribution < -0.4 is 10.6 Å². The molecule has 2 aromatic carbocycles. The van der Waals surface area contributed by atoms with Crippen molar-refractivity contribution in [3.8, 4) is 22.5 Å². The molecule has 0 unspecified atom stereocenters. The normalized spacial score (nSPS) is 17.7. The zero-order chi connectivity index (χ0) is 42.4. The van der Waals surface area contributed by atoms with E-state index in [1.807, 2.05) is 49.9 Å². The Hall–Kier alpha value is -5.66. The molecule has 6 rings (SSSR count). The largest absolute Gasteiger partial charge is 0.453 e. The second-order valence-electron chi connectivity index (χ2n) is 16.5. The van der Waals surface area contributed by atoms with E-state index in [0.29, 0.717) is 13.1 Å². The highest BCUT2D eigenvalue weighted by Crippen LogP contribution is 2.36. The van der Waals surface area contributed by atoms with E-state index in [1.54, 1.807) is 0 Å². The van der Waals surface area contributed by atoms with Crippen LogP contribution in [-0.2, 0) is 38.3 Å². The van der Waals surface area contributed by atoms with E-state index in [1.165, 1.54) is 30.9 Å². The lowest BCUT2D eigenvalue weighted by Crippen LogP contribution is -2.51. The van der Waals surface area contributed by atoms with Gasteiger partial charge in [0.15, 0.2) is 0 Å². The summed E-state index contributed by atoms with van der Waals surface area (Å²) in [6, 6.07) is 11.3. The molecular weight excluding hydrogens is 749 g/mol. The minimum Gasteiger partial charge on any atom is -0.453 e. The van der Waals surface area contributed by atoms with Gasteiger partial charge in [0.2, 0.25) is 11.8 Å². The number of aryl methyl sites for hydroxylation is 4. The molecule has 59 heavy (non-hydrogen) atoms. The summed E-state index contributed by atoms with van der Waals surface area (Å²) in [5.41, 5.74) is 8.69. The highest BCUT2D eigenvalue weighted by Gasteiger charge is 2.39.